The Kier molecular flexibility index (Phi) is 9.91. The van der Waals surface area contributed by atoms with Gasteiger partial charge in [0.1, 0.15) is 5.82 Å². The summed E-state index contributed by atoms with van der Waals surface area (Å²) in [5.41, 5.74) is 2.82. The zero-order valence-electron chi connectivity index (χ0n) is 18.7. The first-order valence-electron chi connectivity index (χ1n) is 11.0. The van der Waals surface area contributed by atoms with Crippen LogP contribution < -0.4 is 0 Å². The van der Waals surface area contributed by atoms with Crippen molar-refractivity contribution in [3.63, 3.8) is 0 Å². The lowest BCUT2D eigenvalue weighted by atomic mass is 10.2. The van der Waals surface area contributed by atoms with Gasteiger partial charge in [0.15, 0.2) is 0 Å². The van der Waals surface area contributed by atoms with Gasteiger partial charge in [-0.3, -0.25) is 4.90 Å². The molecule has 0 fully saturated rings. The normalized spacial score (nSPS) is 12.4. The van der Waals surface area contributed by atoms with E-state index in [0.717, 1.165) is 24.2 Å². The molecule has 0 radical (unpaired) electrons. The number of rotatable bonds is 14. The zero-order chi connectivity index (χ0) is 22.6. The molecule has 0 spiro atoms. The van der Waals surface area contributed by atoms with E-state index in [9.17, 15) is 9.50 Å². The van der Waals surface area contributed by atoms with E-state index >= 15 is 0 Å². The second kappa shape index (κ2) is 13.1. The number of benzene rings is 2. The summed E-state index contributed by atoms with van der Waals surface area (Å²) in [5, 5.41) is 10.6. The molecule has 0 aliphatic rings. The highest BCUT2D eigenvalue weighted by Gasteiger charge is 2.15. The lowest BCUT2D eigenvalue weighted by Gasteiger charge is -2.26. The van der Waals surface area contributed by atoms with Crippen molar-refractivity contribution in [2.45, 2.75) is 32.2 Å². The predicted molar refractivity (Wildman–Crippen MR) is 124 cm³/mol. The number of aliphatic hydroxyl groups excluding tert-OH is 1. The maximum absolute atomic E-state index is 14.1. The van der Waals surface area contributed by atoms with E-state index in [1.54, 1.807) is 13.2 Å². The fraction of sp³-hybridized carbons (Fsp3) is 0.385. The quantitative estimate of drug-likeness (QED) is 0.384. The largest absolute Gasteiger partial charge is 0.389 e. The van der Waals surface area contributed by atoms with Crippen molar-refractivity contribution >= 4 is 0 Å². The molecule has 1 N–H and O–H groups in total. The third-order valence-corrected chi connectivity index (χ3v) is 5.32. The Hall–Kier alpha value is -2.51. The molecule has 0 aliphatic heterocycles. The summed E-state index contributed by atoms with van der Waals surface area (Å²) in [6, 6.07) is 20.8. The molecule has 3 rings (SSSR count). The highest BCUT2D eigenvalue weighted by molar-refractivity contribution is 5.19. The number of aliphatic hydroxyl groups is 1. The maximum atomic E-state index is 14.1. The molecule has 6 heteroatoms. The number of halogens is 1. The molecule has 0 aliphatic carbocycles. The van der Waals surface area contributed by atoms with Gasteiger partial charge in [-0.05, 0) is 30.2 Å². The lowest BCUT2D eigenvalue weighted by molar-refractivity contribution is 0.00706. The first-order chi connectivity index (χ1) is 15.7. The number of aromatic nitrogens is 1. The first kappa shape index (κ1) is 24.1. The number of hydrogen-bond acceptors (Lipinski definition) is 4. The van der Waals surface area contributed by atoms with Crippen molar-refractivity contribution in [2.75, 3.05) is 33.4 Å². The maximum Gasteiger partial charge on any atom is 0.128 e. The predicted octanol–water partition coefficient (Wildman–Crippen LogP) is 4.09. The lowest BCUT2D eigenvalue weighted by Crippen LogP contribution is -2.36. The number of nitrogens with zero attached hydrogens (tertiary/aromatic N) is 2. The van der Waals surface area contributed by atoms with Gasteiger partial charge >= 0.3 is 0 Å². The van der Waals surface area contributed by atoms with Crippen LogP contribution in [0, 0.1) is 5.82 Å². The third-order valence-electron chi connectivity index (χ3n) is 5.32. The summed E-state index contributed by atoms with van der Waals surface area (Å²) in [7, 11) is 1.69. The summed E-state index contributed by atoms with van der Waals surface area (Å²) < 4.78 is 27.1. The average Bonchev–Trinajstić information content (AvgIpc) is 3.22. The summed E-state index contributed by atoms with van der Waals surface area (Å²) in [4.78, 5) is 2.20. The van der Waals surface area contributed by atoms with Crippen molar-refractivity contribution < 1.29 is 19.0 Å². The Balaban J connectivity index is 1.57. The molecule has 1 heterocycles. The second-order valence-electron chi connectivity index (χ2n) is 7.95. The Morgan fingerprint density at radius 1 is 1.03 bits per heavy atom. The third kappa shape index (κ3) is 7.88. The van der Waals surface area contributed by atoms with Crippen LogP contribution in [0.25, 0.3) is 0 Å². The van der Waals surface area contributed by atoms with Gasteiger partial charge in [0.2, 0.25) is 0 Å². The fourth-order valence-corrected chi connectivity index (χ4v) is 3.69. The smallest absolute Gasteiger partial charge is 0.128 e. The average molecular weight is 441 g/mol. The van der Waals surface area contributed by atoms with Crippen LogP contribution in [-0.2, 0) is 29.2 Å². The minimum atomic E-state index is -0.601. The minimum absolute atomic E-state index is 0.199. The van der Waals surface area contributed by atoms with Gasteiger partial charge in [-0.1, -0.05) is 48.5 Å². The van der Waals surface area contributed by atoms with Crippen LogP contribution in [0.4, 0.5) is 4.39 Å². The van der Waals surface area contributed by atoms with Crippen molar-refractivity contribution in [2.24, 2.45) is 0 Å². The van der Waals surface area contributed by atoms with Crippen LogP contribution in [0.1, 0.15) is 23.2 Å². The van der Waals surface area contributed by atoms with E-state index in [2.05, 4.69) is 9.47 Å². The van der Waals surface area contributed by atoms with Gasteiger partial charge in [0.25, 0.3) is 0 Å². The van der Waals surface area contributed by atoms with E-state index in [0.29, 0.717) is 38.4 Å². The number of methoxy groups -OCH3 is 1. The second-order valence-corrected chi connectivity index (χ2v) is 7.95. The highest BCUT2D eigenvalue weighted by atomic mass is 19.1. The van der Waals surface area contributed by atoms with Crippen LogP contribution in [0.3, 0.4) is 0 Å². The Morgan fingerprint density at radius 2 is 1.81 bits per heavy atom. The molecule has 1 aromatic heterocycles. The fourth-order valence-electron chi connectivity index (χ4n) is 3.69. The van der Waals surface area contributed by atoms with Gasteiger partial charge in [-0.15, -0.1) is 0 Å². The molecule has 3 aromatic rings. The number of hydrogen-bond donors (Lipinski definition) is 1. The molecule has 2 aromatic carbocycles. The molecular weight excluding hydrogens is 407 g/mol. The van der Waals surface area contributed by atoms with Crippen molar-refractivity contribution in [3.8, 4) is 0 Å². The van der Waals surface area contributed by atoms with Crippen molar-refractivity contribution in [1.82, 2.24) is 9.47 Å². The van der Waals surface area contributed by atoms with Gasteiger partial charge in [-0.25, -0.2) is 4.39 Å². The van der Waals surface area contributed by atoms with Gasteiger partial charge in [-0.2, -0.15) is 0 Å². The Bertz CT molecular complexity index is 916. The van der Waals surface area contributed by atoms with Gasteiger partial charge in [0.05, 0.1) is 25.9 Å². The van der Waals surface area contributed by atoms with E-state index in [4.69, 9.17) is 9.47 Å². The molecule has 0 saturated heterocycles. The van der Waals surface area contributed by atoms with Crippen molar-refractivity contribution in [1.29, 1.82) is 0 Å². The van der Waals surface area contributed by atoms with Crippen LogP contribution in [0.15, 0.2) is 72.9 Å². The summed E-state index contributed by atoms with van der Waals surface area (Å²) in [6.45, 7) is 3.81. The molecule has 1 atom stereocenters. The minimum Gasteiger partial charge on any atom is -0.389 e. The van der Waals surface area contributed by atoms with E-state index < -0.39 is 6.10 Å². The van der Waals surface area contributed by atoms with Crippen molar-refractivity contribution in [3.05, 3.63) is 95.6 Å². The molecule has 5 nitrogen and oxygen atoms in total. The van der Waals surface area contributed by atoms with E-state index in [1.165, 1.54) is 6.07 Å². The Labute approximate surface area is 190 Å². The van der Waals surface area contributed by atoms with Crippen LogP contribution in [0.5, 0.6) is 0 Å². The molecule has 172 valence electrons. The van der Waals surface area contributed by atoms with E-state index in [-0.39, 0.29) is 12.4 Å². The molecule has 0 bridgehead atoms. The molecule has 0 saturated carbocycles. The monoisotopic (exact) mass is 440 g/mol. The Morgan fingerprint density at radius 3 is 2.59 bits per heavy atom. The van der Waals surface area contributed by atoms with Crippen LogP contribution in [0.2, 0.25) is 0 Å². The molecule has 1 unspecified atom stereocenters. The standard InChI is InChI=1S/C26H33FN2O3/c1-31-16-8-14-28(19-25(30)21-32-20-22-9-3-2-4-10-22)18-24-12-7-15-29(24)17-23-11-5-6-13-26(23)27/h2-7,9-13,15,25,30H,8,14,16-21H2,1H3. The summed E-state index contributed by atoms with van der Waals surface area (Å²) in [6.07, 6.45) is 2.23. The number of ether oxygens (including phenoxy) is 2. The SMILES string of the molecule is COCCCN(Cc1cccn1Cc1ccccc1F)CC(O)COCc1ccccc1. The summed E-state index contributed by atoms with van der Waals surface area (Å²) >= 11 is 0. The topological polar surface area (TPSA) is 46.9 Å². The molecular formula is C26H33FN2O3. The first-order valence-corrected chi connectivity index (χ1v) is 11.0. The van der Waals surface area contributed by atoms with Crippen LogP contribution >= 0.6 is 0 Å². The zero-order valence-corrected chi connectivity index (χ0v) is 18.7. The van der Waals surface area contributed by atoms with Crippen LogP contribution in [-0.4, -0.2) is 54.1 Å². The summed E-state index contributed by atoms with van der Waals surface area (Å²) in [5.74, 6) is -0.199. The molecule has 0 amide bonds. The van der Waals surface area contributed by atoms with E-state index in [1.807, 2.05) is 60.8 Å². The molecule has 32 heavy (non-hydrogen) atoms. The highest BCUT2D eigenvalue weighted by Crippen LogP contribution is 2.14. The van der Waals surface area contributed by atoms with Gasteiger partial charge in [0, 0.05) is 50.8 Å². The van der Waals surface area contributed by atoms with Gasteiger partial charge < -0.3 is 19.1 Å².